The summed E-state index contributed by atoms with van der Waals surface area (Å²) >= 11 is 0. The molecule has 5 atom stereocenters. The molecule has 80 valence electrons. The number of allylic oxidation sites excluding steroid dienone is 2. The average Bonchev–Trinajstić information content (AvgIpc) is 2.42. The van der Waals surface area contributed by atoms with Gasteiger partial charge in [-0.3, -0.25) is 4.79 Å². The minimum absolute atomic E-state index is 0.142. The first kappa shape index (κ1) is 8.51. The minimum Gasteiger partial charge on any atom is -0.371 e. The molecule has 2 aliphatic heterocycles. The van der Waals surface area contributed by atoms with Crippen LogP contribution in [0, 0.1) is 17.8 Å². The van der Waals surface area contributed by atoms with Crippen LogP contribution in [0.5, 0.6) is 0 Å². The van der Waals surface area contributed by atoms with Crippen molar-refractivity contribution >= 4 is 5.78 Å². The van der Waals surface area contributed by atoms with E-state index in [1.165, 1.54) is 12.0 Å². The summed E-state index contributed by atoms with van der Waals surface area (Å²) in [6.07, 6.45) is 6.55. The van der Waals surface area contributed by atoms with Crippen LogP contribution >= 0.6 is 0 Å². The summed E-state index contributed by atoms with van der Waals surface area (Å²) in [5.41, 5.74) is 1.59. The summed E-state index contributed by atoms with van der Waals surface area (Å²) in [5, 5.41) is 0. The van der Waals surface area contributed by atoms with Crippen LogP contribution in [0.3, 0.4) is 0 Å². The number of carbonyl (C=O) groups excluding carboxylic acids is 1. The van der Waals surface area contributed by atoms with Gasteiger partial charge in [-0.25, -0.2) is 0 Å². The van der Waals surface area contributed by atoms with E-state index in [0.29, 0.717) is 29.6 Å². The Labute approximate surface area is 89.7 Å². The second-order valence-electron chi connectivity index (χ2n) is 5.97. The molecule has 2 aliphatic carbocycles. The first-order chi connectivity index (χ1) is 7.16. The quantitative estimate of drug-likeness (QED) is 0.604. The Hall–Kier alpha value is -0.630. The Morgan fingerprint density at radius 1 is 1.47 bits per heavy atom. The van der Waals surface area contributed by atoms with E-state index >= 15 is 0 Å². The summed E-state index contributed by atoms with van der Waals surface area (Å²) < 4.78 is 6.17. The largest absolute Gasteiger partial charge is 0.371 e. The van der Waals surface area contributed by atoms with Crippen LogP contribution in [-0.4, -0.2) is 17.5 Å². The summed E-state index contributed by atoms with van der Waals surface area (Å²) in [6.45, 7) is 2.28. The molecule has 2 nitrogen and oxygen atoms in total. The average molecular weight is 204 g/mol. The molecule has 2 heteroatoms. The Balaban J connectivity index is 1.88. The molecular formula is C13H16O2. The van der Waals surface area contributed by atoms with Crippen LogP contribution in [0.2, 0.25) is 0 Å². The standard InChI is InChI=1S/C13H16O2/c1-13-6-11-7-2-8(13)4-12(15-13)10(11)5-9(14)3-7/h3,8,10-12H,2,4-6H2,1H3/t8-,10+,11-,12-,13-/m0/s1. The molecule has 0 radical (unpaired) electrons. The lowest BCUT2D eigenvalue weighted by Gasteiger charge is -2.49. The molecular weight excluding hydrogens is 188 g/mol. The second-order valence-corrected chi connectivity index (χ2v) is 5.97. The lowest BCUT2D eigenvalue weighted by molar-refractivity contribution is -0.144. The lowest BCUT2D eigenvalue weighted by atomic mass is 9.64. The highest BCUT2D eigenvalue weighted by atomic mass is 16.5. The topological polar surface area (TPSA) is 26.3 Å². The Morgan fingerprint density at radius 2 is 2.33 bits per heavy atom. The van der Waals surface area contributed by atoms with E-state index in [1.807, 2.05) is 6.08 Å². The fraction of sp³-hybridized carbons (Fsp3) is 0.769. The first-order valence-corrected chi connectivity index (χ1v) is 6.07. The molecule has 4 rings (SSSR count). The molecule has 0 amide bonds. The smallest absolute Gasteiger partial charge is 0.156 e. The third kappa shape index (κ3) is 0.919. The van der Waals surface area contributed by atoms with Gasteiger partial charge in [0.2, 0.25) is 0 Å². The van der Waals surface area contributed by atoms with Crippen molar-refractivity contribution in [2.45, 2.75) is 44.3 Å². The fourth-order valence-electron chi connectivity index (χ4n) is 4.42. The summed E-state index contributed by atoms with van der Waals surface area (Å²) in [5.74, 6) is 2.20. The highest BCUT2D eigenvalue weighted by molar-refractivity contribution is 5.91. The van der Waals surface area contributed by atoms with Crippen molar-refractivity contribution in [1.29, 1.82) is 0 Å². The maximum atomic E-state index is 11.6. The molecule has 2 heterocycles. The van der Waals surface area contributed by atoms with E-state index in [-0.39, 0.29) is 5.60 Å². The molecule has 0 spiro atoms. The van der Waals surface area contributed by atoms with E-state index in [1.54, 1.807) is 0 Å². The number of ketones is 1. The zero-order valence-corrected chi connectivity index (χ0v) is 9.03. The Bertz CT molecular complexity index is 384. The molecule has 3 fully saturated rings. The highest BCUT2D eigenvalue weighted by Gasteiger charge is 2.59. The van der Waals surface area contributed by atoms with Crippen molar-refractivity contribution in [1.82, 2.24) is 0 Å². The van der Waals surface area contributed by atoms with E-state index in [0.717, 1.165) is 19.3 Å². The second kappa shape index (κ2) is 2.37. The van der Waals surface area contributed by atoms with Gasteiger partial charge in [0.1, 0.15) is 0 Å². The number of hydrogen-bond donors (Lipinski definition) is 0. The van der Waals surface area contributed by atoms with Crippen LogP contribution in [0.25, 0.3) is 0 Å². The van der Waals surface area contributed by atoms with Crippen LogP contribution in [-0.2, 0) is 9.53 Å². The van der Waals surface area contributed by atoms with Gasteiger partial charge in [0.15, 0.2) is 5.78 Å². The molecule has 2 saturated heterocycles. The third-order valence-electron chi connectivity index (χ3n) is 5.16. The van der Waals surface area contributed by atoms with Gasteiger partial charge in [0.05, 0.1) is 11.7 Å². The normalized spacial score (nSPS) is 55.8. The van der Waals surface area contributed by atoms with Gasteiger partial charge in [-0.05, 0) is 50.0 Å². The Kier molecular flexibility index (Phi) is 1.35. The summed E-state index contributed by atoms with van der Waals surface area (Å²) in [7, 11) is 0. The monoisotopic (exact) mass is 204 g/mol. The summed E-state index contributed by atoms with van der Waals surface area (Å²) in [4.78, 5) is 11.6. The molecule has 0 N–H and O–H groups in total. The SMILES string of the molecule is C[C@]12C[C@H]3C4=CC(=O)C[C@H]3[C@H](C[C@@H]1C4)O2. The van der Waals surface area contributed by atoms with Crippen LogP contribution < -0.4 is 0 Å². The highest BCUT2D eigenvalue weighted by Crippen LogP contribution is 2.60. The predicted octanol–water partition coefficient (Wildman–Crippen LogP) is 2.09. The predicted molar refractivity (Wildman–Crippen MR) is 55.3 cm³/mol. The van der Waals surface area contributed by atoms with Gasteiger partial charge >= 0.3 is 0 Å². The molecule has 0 unspecified atom stereocenters. The number of carbonyl (C=O) groups is 1. The van der Waals surface area contributed by atoms with Crippen LogP contribution in [0.4, 0.5) is 0 Å². The fourth-order valence-corrected chi connectivity index (χ4v) is 4.42. The van der Waals surface area contributed by atoms with Crippen LogP contribution in [0.15, 0.2) is 11.6 Å². The van der Waals surface area contributed by atoms with Crippen molar-refractivity contribution in [2.24, 2.45) is 17.8 Å². The molecule has 0 aromatic carbocycles. The van der Waals surface area contributed by atoms with Crippen molar-refractivity contribution < 1.29 is 9.53 Å². The van der Waals surface area contributed by atoms with Crippen molar-refractivity contribution in [2.75, 3.05) is 0 Å². The van der Waals surface area contributed by atoms with E-state index in [9.17, 15) is 4.79 Å². The third-order valence-corrected chi connectivity index (χ3v) is 5.16. The van der Waals surface area contributed by atoms with Crippen molar-refractivity contribution in [3.05, 3.63) is 11.6 Å². The van der Waals surface area contributed by atoms with E-state index in [2.05, 4.69) is 6.92 Å². The van der Waals surface area contributed by atoms with Gasteiger partial charge in [0, 0.05) is 6.42 Å². The molecule has 0 aromatic rings. The van der Waals surface area contributed by atoms with Gasteiger partial charge < -0.3 is 4.74 Å². The number of hydrogen-bond acceptors (Lipinski definition) is 2. The Morgan fingerprint density at radius 3 is 3.20 bits per heavy atom. The van der Waals surface area contributed by atoms with E-state index in [4.69, 9.17) is 4.74 Å². The zero-order valence-electron chi connectivity index (χ0n) is 9.03. The molecule has 3 bridgehead atoms. The number of ether oxygens (including phenoxy) is 1. The van der Waals surface area contributed by atoms with Gasteiger partial charge in [-0.2, -0.15) is 0 Å². The maximum absolute atomic E-state index is 11.6. The van der Waals surface area contributed by atoms with Gasteiger partial charge in [-0.1, -0.05) is 5.57 Å². The maximum Gasteiger partial charge on any atom is 0.156 e. The minimum atomic E-state index is 0.142. The van der Waals surface area contributed by atoms with Crippen molar-refractivity contribution in [3.8, 4) is 0 Å². The van der Waals surface area contributed by atoms with Gasteiger partial charge in [-0.15, -0.1) is 0 Å². The summed E-state index contributed by atoms with van der Waals surface area (Å²) in [6, 6.07) is 0. The van der Waals surface area contributed by atoms with Crippen LogP contribution in [0.1, 0.15) is 32.6 Å². The van der Waals surface area contributed by atoms with Gasteiger partial charge in [0.25, 0.3) is 0 Å². The lowest BCUT2D eigenvalue weighted by Crippen LogP contribution is -2.48. The molecule has 15 heavy (non-hydrogen) atoms. The number of rotatable bonds is 0. The number of fused-ring (bicyclic) bond motifs is 2. The zero-order chi connectivity index (χ0) is 10.2. The first-order valence-electron chi connectivity index (χ1n) is 6.07. The van der Waals surface area contributed by atoms with E-state index < -0.39 is 0 Å². The molecule has 0 aromatic heterocycles. The molecule has 1 saturated carbocycles. The van der Waals surface area contributed by atoms with Crippen molar-refractivity contribution in [3.63, 3.8) is 0 Å². The molecule has 4 aliphatic rings.